The summed E-state index contributed by atoms with van der Waals surface area (Å²) in [5.41, 5.74) is 0.638. The van der Waals surface area contributed by atoms with Gasteiger partial charge in [0, 0.05) is 12.1 Å². The molecule has 0 bridgehead atoms. The van der Waals surface area contributed by atoms with Crippen LogP contribution in [0.2, 0.25) is 0 Å². The molecule has 0 aliphatic heterocycles. The Morgan fingerprint density at radius 3 is 3.09 bits per heavy atom. The third-order valence-corrected chi connectivity index (χ3v) is 4.74. The summed E-state index contributed by atoms with van der Waals surface area (Å²) in [6.07, 6.45) is 1.80. The molecule has 0 unspecified atom stereocenters. The Balaban J connectivity index is 1.56. The highest BCUT2D eigenvalue weighted by molar-refractivity contribution is 8.00. The maximum absolute atomic E-state index is 13.1. The summed E-state index contributed by atoms with van der Waals surface area (Å²) in [6, 6.07) is 6.20. The normalized spacial score (nSPS) is 10.9. The Labute approximate surface area is 140 Å². The van der Waals surface area contributed by atoms with Crippen LogP contribution in [0.25, 0.3) is 0 Å². The van der Waals surface area contributed by atoms with Gasteiger partial charge in [-0.2, -0.15) is 4.98 Å². The van der Waals surface area contributed by atoms with Crippen molar-refractivity contribution in [3.63, 3.8) is 0 Å². The van der Waals surface area contributed by atoms with Crippen LogP contribution in [0.5, 0.6) is 0 Å². The number of thioether (sulfide) groups is 1. The first-order valence-electron chi connectivity index (χ1n) is 7.03. The van der Waals surface area contributed by atoms with Gasteiger partial charge in [0.2, 0.25) is 11.0 Å². The molecule has 9 heteroatoms. The molecule has 0 aliphatic rings. The van der Waals surface area contributed by atoms with Gasteiger partial charge in [0.1, 0.15) is 5.82 Å². The average molecular weight is 351 g/mol. The second-order valence-corrected chi connectivity index (χ2v) is 6.85. The number of nitrogens with one attached hydrogen (secondary N) is 1. The fourth-order valence-electron chi connectivity index (χ4n) is 1.81. The first kappa shape index (κ1) is 15.9. The molecule has 3 rings (SSSR count). The molecule has 2 aromatic heterocycles. The summed E-state index contributed by atoms with van der Waals surface area (Å²) in [7, 11) is 0. The van der Waals surface area contributed by atoms with E-state index in [-0.39, 0.29) is 5.82 Å². The fraction of sp³-hybridized carbons (Fsp3) is 0.286. The van der Waals surface area contributed by atoms with E-state index in [1.807, 2.05) is 0 Å². The lowest BCUT2D eigenvalue weighted by Crippen LogP contribution is -1.89. The van der Waals surface area contributed by atoms with E-state index in [2.05, 4.69) is 32.6 Å². The number of anilines is 2. The first-order chi connectivity index (χ1) is 11.2. The van der Waals surface area contributed by atoms with Gasteiger partial charge in [0.05, 0.1) is 5.75 Å². The molecule has 2 heterocycles. The largest absolute Gasteiger partial charge is 0.338 e. The molecule has 120 valence electrons. The lowest BCUT2D eigenvalue weighted by Gasteiger charge is -2.00. The van der Waals surface area contributed by atoms with Crippen LogP contribution in [-0.4, -0.2) is 20.3 Å². The fourth-order valence-corrected chi connectivity index (χ4v) is 3.42. The number of hydrogen-bond donors (Lipinski definition) is 1. The second-order valence-electron chi connectivity index (χ2n) is 4.65. The summed E-state index contributed by atoms with van der Waals surface area (Å²) < 4.78 is 19.1. The third-order valence-electron chi connectivity index (χ3n) is 2.79. The van der Waals surface area contributed by atoms with Gasteiger partial charge < -0.3 is 9.84 Å². The van der Waals surface area contributed by atoms with Gasteiger partial charge in [-0.25, -0.2) is 4.39 Å². The van der Waals surface area contributed by atoms with Gasteiger partial charge in [0.15, 0.2) is 10.2 Å². The second kappa shape index (κ2) is 7.51. The van der Waals surface area contributed by atoms with Crippen molar-refractivity contribution in [3.05, 3.63) is 41.8 Å². The molecule has 0 fully saturated rings. The summed E-state index contributed by atoms with van der Waals surface area (Å²) in [5.74, 6) is 1.56. The highest BCUT2D eigenvalue weighted by Crippen LogP contribution is 2.29. The number of hydrogen-bond acceptors (Lipinski definition) is 8. The van der Waals surface area contributed by atoms with E-state index >= 15 is 0 Å². The molecule has 0 saturated carbocycles. The Kier molecular flexibility index (Phi) is 5.19. The lowest BCUT2D eigenvalue weighted by atomic mass is 10.3. The summed E-state index contributed by atoms with van der Waals surface area (Å²) in [5, 5.41) is 15.7. The number of nitrogens with zero attached hydrogens (tertiary/aromatic N) is 4. The number of aryl methyl sites for hydroxylation is 1. The van der Waals surface area contributed by atoms with Crippen LogP contribution in [-0.2, 0) is 12.2 Å². The molecule has 1 aromatic carbocycles. The maximum Gasteiger partial charge on any atom is 0.237 e. The highest BCUT2D eigenvalue weighted by Gasteiger charge is 2.10. The third kappa shape index (κ3) is 4.49. The Hall–Kier alpha value is -2.00. The quantitative estimate of drug-likeness (QED) is 0.643. The van der Waals surface area contributed by atoms with Crippen molar-refractivity contribution >= 4 is 33.9 Å². The molecule has 0 atom stereocenters. The van der Waals surface area contributed by atoms with Crippen LogP contribution in [0.15, 0.2) is 33.1 Å². The molecular weight excluding hydrogens is 337 g/mol. The molecule has 23 heavy (non-hydrogen) atoms. The number of rotatable bonds is 7. The topological polar surface area (TPSA) is 76.7 Å². The molecular formula is C14H14FN5OS2. The van der Waals surface area contributed by atoms with E-state index < -0.39 is 0 Å². The zero-order valence-electron chi connectivity index (χ0n) is 12.3. The summed E-state index contributed by atoms with van der Waals surface area (Å²) in [6.45, 7) is 2.07. The molecule has 6 nitrogen and oxygen atoms in total. The summed E-state index contributed by atoms with van der Waals surface area (Å²) in [4.78, 5) is 4.30. The molecule has 0 aliphatic carbocycles. The van der Waals surface area contributed by atoms with E-state index in [4.69, 9.17) is 4.52 Å². The van der Waals surface area contributed by atoms with Crippen molar-refractivity contribution in [1.29, 1.82) is 0 Å². The van der Waals surface area contributed by atoms with Crippen molar-refractivity contribution in [2.75, 3.05) is 5.32 Å². The van der Waals surface area contributed by atoms with Crippen molar-refractivity contribution < 1.29 is 8.91 Å². The monoisotopic (exact) mass is 351 g/mol. The number of benzene rings is 1. The van der Waals surface area contributed by atoms with E-state index in [9.17, 15) is 4.39 Å². The predicted molar refractivity (Wildman–Crippen MR) is 87.4 cm³/mol. The van der Waals surface area contributed by atoms with Gasteiger partial charge in [-0.1, -0.05) is 41.2 Å². The first-order valence-corrected chi connectivity index (χ1v) is 8.83. The minimum atomic E-state index is -0.298. The van der Waals surface area contributed by atoms with Gasteiger partial charge >= 0.3 is 0 Å². The Morgan fingerprint density at radius 1 is 1.35 bits per heavy atom. The standard InChI is InChI=1S/C14H14FN5OS2/c1-2-4-11-17-12(21-20-11)8-22-14-19-18-13(23-14)16-10-6-3-5-9(15)7-10/h3,5-7H,2,4,8H2,1H3,(H,16,18). The maximum atomic E-state index is 13.1. The van der Waals surface area contributed by atoms with Crippen LogP contribution in [0.4, 0.5) is 15.2 Å². The van der Waals surface area contributed by atoms with Crippen LogP contribution in [0, 0.1) is 5.82 Å². The minimum absolute atomic E-state index is 0.298. The van der Waals surface area contributed by atoms with E-state index in [1.165, 1.54) is 35.2 Å². The Morgan fingerprint density at radius 2 is 2.26 bits per heavy atom. The molecule has 0 amide bonds. The van der Waals surface area contributed by atoms with E-state index in [1.54, 1.807) is 12.1 Å². The number of halogens is 1. The lowest BCUT2D eigenvalue weighted by molar-refractivity contribution is 0.384. The average Bonchev–Trinajstić information content (AvgIpc) is 3.15. The molecule has 1 N–H and O–H groups in total. The van der Waals surface area contributed by atoms with Crippen molar-refractivity contribution in [1.82, 2.24) is 20.3 Å². The van der Waals surface area contributed by atoms with Crippen LogP contribution >= 0.6 is 23.1 Å². The van der Waals surface area contributed by atoms with E-state index in [0.717, 1.165) is 23.0 Å². The zero-order valence-corrected chi connectivity index (χ0v) is 14.0. The number of aromatic nitrogens is 4. The van der Waals surface area contributed by atoms with Gasteiger partial charge in [-0.05, 0) is 24.6 Å². The van der Waals surface area contributed by atoms with Crippen molar-refractivity contribution in [2.24, 2.45) is 0 Å². The molecule has 0 saturated heterocycles. The van der Waals surface area contributed by atoms with Crippen LogP contribution in [0.1, 0.15) is 25.1 Å². The smallest absolute Gasteiger partial charge is 0.237 e. The van der Waals surface area contributed by atoms with Crippen molar-refractivity contribution in [3.8, 4) is 0 Å². The molecule has 3 aromatic rings. The summed E-state index contributed by atoms with van der Waals surface area (Å²) >= 11 is 2.86. The minimum Gasteiger partial charge on any atom is -0.338 e. The molecule has 0 radical (unpaired) electrons. The SMILES string of the molecule is CCCc1noc(CSc2nnc(Nc3cccc(F)c3)s2)n1. The van der Waals surface area contributed by atoms with Gasteiger partial charge in [-0.3, -0.25) is 0 Å². The Bertz CT molecular complexity index is 776. The van der Waals surface area contributed by atoms with Crippen LogP contribution < -0.4 is 5.32 Å². The van der Waals surface area contributed by atoms with Gasteiger partial charge in [-0.15, -0.1) is 10.2 Å². The zero-order chi connectivity index (χ0) is 16.1. The van der Waals surface area contributed by atoms with Crippen LogP contribution in [0.3, 0.4) is 0 Å². The molecule has 0 spiro atoms. The van der Waals surface area contributed by atoms with Gasteiger partial charge in [0.25, 0.3) is 0 Å². The predicted octanol–water partition coefficient (Wildman–Crippen LogP) is 4.05. The highest BCUT2D eigenvalue weighted by atomic mass is 32.2. The van der Waals surface area contributed by atoms with Crippen molar-refractivity contribution in [2.45, 2.75) is 29.9 Å². The van der Waals surface area contributed by atoms with E-state index in [0.29, 0.717) is 22.5 Å².